The van der Waals surface area contributed by atoms with Crippen LogP contribution in [-0.2, 0) is 6.54 Å². The minimum absolute atomic E-state index is 0.0733. The second kappa shape index (κ2) is 7.30. The number of aromatic nitrogens is 3. The molecule has 0 aliphatic rings. The maximum atomic E-state index is 12.7. The third-order valence-electron chi connectivity index (χ3n) is 4.37. The van der Waals surface area contributed by atoms with Gasteiger partial charge in [0.15, 0.2) is 0 Å². The van der Waals surface area contributed by atoms with E-state index in [1.807, 2.05) is 6.07 Å². The number of phenols is 1. The van der Waals surface area contributed by atoms with Crippen molar-refractivity contribution in [2.45, 2.75) is 6.54 Å². The van der Waals surface area contributed by atoms with Crippen molar-refractivity contribution in [2.24, 2.45) is 5.73 Å². The summed E-state index contributed by atoms with van der Waals surface area (Å²) in [5.41, 5.74) is 9.80. The van der Waals surface area contributed by atoms with Crippen LogP contribution < -0.4 is 11.1 Å². The van der Waals surface area contributed by atoms with E-state index in [1.165, 1.54) is 12.3 Å². The van der Waals surface area contributed by atoms with Crippen molar-refractivity contribution < 1.29 is 9.90 Å². The lowest BCUT2D eigenvalue weighted by Gasteiger charge is -2.12. The van der Waals surface area contributed by atoms with Crippen molar-refractivity contribution >= 4 is 28.8 Å². The number of halogens is 1. The Morgan fingerprint density at radius 3 is 2.68 bits per heavy atom. The van der Waals surface area contributed by atoms with Crippen LogP contribution in [0.5, 0.6) is 5.75 Å². The summed E-state index contributed by atoms with van der Waals surface area (Å²) >= 11 is 6.32. The number of hydrogen-bond acceptors (Lipinski definition) is 5. The van der Waals surface area contributed by atoms with E-state index in [1.54, 1.807) is 47.3 Å². The Morgan fingerprint density at radius 1 is 1.18 bits per heavy atom. The van der Waals surface area contributed by atoms with Crippen LogP contribution in [0.15, 0.2) is 61.2 Å². The molecule has 140 valence electrons. The predicted octanol–water partition coefficient (Wildman–Crippen LogP) is 3.47. The number of imidazole rings is 1. The number of nitrogens with two attached hydrogens (primary N) is 1. The zero-order chi connectivity index (χ0) is 19.7. The highest BCUT2D eigenvalue weighted by Gasteiger charge is 2.16. The van der Waals surface area contributed by atoms with Crippen molar-refractivity contribution in [3.05, 3.63) is 77.5 Å². The maximum Gasteiger partial charge on any atom is 0.274 e. The lowest BCUT2D eigenvalue weighted by molar-refractivity contribution is 0.102. The molecule has 1 amide bonds. The third kappa shape index (κ3) is 3.28. The summed E-state index contributed by atoms with van der Waals surface area (Å²) in [6.45, 7) is 0.272. The fourth-order valence-corrected chi connectivity index (χ4v) is 3.27. The zero-order valence-electron chi connectivity index (χ0n) is 14.6. The number of benzene rings is 1. The molecule has 0 saturated heterocycles. The third-order valence-corrected chi connectivity index (χ3v) is 4.68. The molecule has 0 unspecified atom stereocenters. The highest BCUT2D eigenvalue weighted by Crippen LogP contribution is 2.33. The van der Waals surface area contributed by atoms with Crippen LogP contribution in [0, 0.1) is 0 Å². The van der Waals surface area contributed by atoms with E-state index in [9.17, 15) is 9.90 Å². The van der Waals surface area contributed by atoms with Gasteiger partial charge in [-0.1, -0.05) is 11.6 Å². The molecule has 7 nitrogen and oxygen atoms in total. The molecule has 0 bridgehead atoms. The zero-order valence-corrected chi connectivity index (χ0v) is 15.4. The van der Waals surface area contributed by atoms with Gasteiger partial charge in [0, 0.05) is 41.9 Å². The summed E-state index contributed by atoms with van der Waals surface area (Å²) in [7, 11) is 0. The van der Waals surface area contributed by atoms with E-state index >= 15 is 0 Å². The Balaban J connectivity index is 1.81. The number of amides is 1. The van der Waals surface area contributed by atoms with Gasteiger partial charge in [0.1, 0.15) is 17.1 Å². The molecule has 3 aromatic heterocycles. The quantitative estimate of drug-likeness (QED) is 0.492. The van der Waals surface area contributed by atoms with E-state index in [0.29, 0.717) is 27.6 Å². The number of rotatable bonds is 4. The van der Waals surface area contributed by atoms with Gasteiger partial charge in [-0.3, -0.25) is 14.2 Å². The molecule has 1 aromatic carbocycles. The smallest absolute Gasteiger partial charge is 0.274 e. The van der Waals surface area contributed by atoms with Gasteiger partial charge < -0.3 is 16.2 Å². The maximum absolute atomic E-state index is 12.7. The molecule has 4 rings (SSSR count). The van der Waals surface area contributed by atoms with E-state index in [2.05, 4.69) is 15.3 Å². The van der Waals surface area contributed by atoms with Crippen LogP contribution in [-0.4, -0.2) is 25.4 Å². The van der Waals surface area contributed by atoms with Gasteiger partial charge in [-0.15, -0.1) is 0 Å². The Bertz CT molecular complexity index is 1170. The van der Waals surface area contributed by atoms with E-state index in [4.69, 9.17) is 17.3 Å². The topological polar surface area (TPSA) is 106 Å². The summed E-state index contributed by atoms with van der Waals surface area (Å²) in [5, 5.41) is 12.8. The predicted molar refractivity (Wildman–Crippen MR) is 107 cm³/mol. The highest BCUT2D eigenvalue weighted by molar-refractivity contribution is 6.33. The number of fused-ring (bicyclic) bond motifs is 1. The molecule has 8 heteroatoms. The standard InChI is InChI=1S/C20H16ClN5O2/c21-17-8-14(27)1-2-15(17)16-11-26-18(10-24-19(26)7-12(16)9-22)20(28)25-13-3-5-23-6-4-13/h1-8,10-11,27H,9,22H2,(H,23,25,28). The average molecular weight is 394 g/mol. The van der Waals surface area contributed by atoms with Crippen LogP contribution >= 0.6 is 11.6 Å². The Morgan fingerprint density at radius 2 is 1.96 bits per heavy atom. The number of aromatic hydroxyl groups is 1. The van der Waals surface area contributed by atoms with Crippen LogP contribution in [0.3, 0.4) is 0 Å². The van der Waals surface area contributed by atoms with Crippen molar-refractivity contribution in [3.8, 4) is 16.9 Å². The Hall–Kier alpha value is -3.42. The van der Waals surface area contributed by atoms with Crippen molar-refractivity contribution in [2.75, 3.05) is 5.32 Å². The second-order valence-electron chi connectivity index (χ2n) is 6.14. The second-order valence-corrected chi connectivity index (χ2v) is 6.55. The van der Waals surface area contributed by atoms with Gasteiger partial charge in [-0.05, 0) is 42.0 Å². The van der Waals surface area contributed by atoms with Crippen LogP contribution in [0.2, 0.25) is 5.02 Å². The number of nitrogens with zero attached hydrogens (tertiary/aromatic N) is 3. The van der Waals surface area contributed by atoms with Crippen LogP contribution in [0.1, 0.15) is 16.1 Å². The van der Waals surface area contributed by atoms with Gasteiger partial charge >= 0.3 is 0 Å². The molecule has 4 N–H and O–H groups in total. The van der Waals surface area contributed by atoms with Crippen molar-refractivity contribution in [3.63, 3.8) is 0 Å². The largest absolute Gasteiger partial charge is 0.508 e. The first-order valence-electron chi connectivity index (χ1n) is 8.47. The van der Waals surface area contributed by atoms with Crippen molar-refractivity contribution in [1.82, 2.24) is 14.4 Å². The highest BCUT2D eigenvalue weighted by atomic mass is 35.5. The molecule has 0 atom stereocenters. The lowest BCUT2D eigenvalue weighted by atomic mass is 10.0. The molecule has 0 fully saturated rings. The molecule has 0 radical (unpaired) electrons. The lowest BCUT2D eigenvalue weighted by Crippen LogP contribution is -2.14. The van der Waals surface area contributed by atoms with Gasteiger partial charge in [0.2, 0.25) is 0 Å². The number of phenolic OH excluding ortho intramolecular Hbond substituents is 1. The summed E-state index contributed by atoms with van der Waals surface area (Å²) in [5.74, 6) is -0.230. The molecule has 4 aromatic rings. The minimum atomic E-state index is -0.304. The first-order chi connectivity index (χ1) is 13.6. The van der Waals surface area contributed by atoms with Gasteiger partial charge in [0.05, 0.1) is 11.2 Å². The molecule has 0 saturated carbocycles. The first-order valence-corrected chi connectivity index (χ1v) is 8.85. The average Bonchev–Trinajstić information content (AvgIpc) is 3.11. The van der Waals surface area contributed by atoms with Gasteiger partial charge in [0.25, 0.3) is 5.91 Å². The fraction of sp³-hybridized carbons (Fsp3) is 0.0500. The summed E-state index contributed by atoms with van der Waals surface area (Å²) < 4.78 is 1.69. The van der Waals surface area contributed by atoms with E-state index < -0.39 is 0 Å². The summed E-state index contributed by atoms with van der Waals surface area (Å²) in [6, 6.07) is 9.96. The molecular formula is C20H16ClN5O2. The fourth-order valence-electron chi connectivity index (χ4n) is 3.00. The Kier molecular flexibility index (Phi) is 4.68. The first kappa shape index (κ1) is 18.0. The van der Waals surface area contributed by atoms with Crippen LogP contribution in [0.25, 0.3) is 16.8 Å². The number of hydrogen-bond donors (Lipinski definition) is 3. The summed E-state index contributed by atoms with van der Waals surface area (Å²) in [4.78, 5) is 21.0. The molecule has 0 spiro atoms. The Labute approximate surface area is 165 Å². The van der Waals surface area contributed by atoms with E-state index in [0.717, 1.165) is 11.1 Å². The van der Waals surface area contributed by atoms with Gasteiger partial charge in [-0.25, -0.2) is 4.98 Å². The number of carbonyl (C=O) groups excluding carboxylic acids is 1. The monoisotopic (exact) mass is 393 g/mol. The number of carbonyl (C=O) groups is 1. The number of anilines is 1. The molecular weight excluding hydrogens is 378 g/mol. The molecule has 3 heterocycles. The van der Waals surface area contributed by atoms with Gasteiger partial charge in [-0.2, -0.15) is 0 Å². The molecule has 0 aliphatic heterocycles. The minimum Gasteiger partial charge on any atom is -0.508 e. The number of nitrogens with one attached hydrogen (secondary N) is 1. The normalized spacial score (nSPS) is 10.9. The number of pyridine rings is 2. The van der Waals surface area contributed by atoms with Crippen molar-refractivity contribution in [1.29, 1.82) is 0 Å². The summed E-state index contributed by atoms with van der Waals surface area (Å²) in [6.07, 6.45) is 6.49. The molecule has 0 aliphatic carbocycles. The molecule has 28 heavy (non-hydrogen) atoms. The van der Waals surface area contributed by atoms with Crippen LogP contribution in [0.4, 0.5) is 5.69 Å². The van der Waals surface area contributed by atoms with E-state index in [-0.39, 0.29) is 18.2 Å². The SMILES string of the molecule is NCc1cc2ncc(C(=O)Nc3ccncc3)n2cc1-c1ccc(O)cc1Cl.